The topological polar surface area (TPSA) is 94.6 Å². The summed E-state index contributed by atoms with van der Waals surface area (Å²) < 4.78 is 14.8. The SMILES string of the molecule is CC(C)(C)c1cc(NC(=O)COC(=O)/C=C/c2ccco2)on1. The number of furan rings is 1. The molecular weight excluding hydrogens is 300 g/mol. The van der Waals surface area contributed by atoms with E-state index in [1.165, 1.54) is 18.4 Å². The summed E-state index contributed by atoms with van der Waals surface area (Å²) in [6.07, 6.45) is 4.12. The summed E-state index contributed by atoms with van der Waals surface area (Å²) in [6.45, 7) is 5.50. The number of ether oxygens (including phenoxy) is 1. The monoisotopic (exact) mass is 318 g/mol. The van der Waals surface area contributed by atoms with E-state index in [0.29, 0.717) is 11.5 Å². The molecule has 0 aliphatic heterocycles. The normalized spacial score (nSPS) is 11.6. The number of rotatable bonds is 5. The molecule has 2 aromatic rings. The van der Waals surface area contributed by atoms with Gasteiger partial charge in [-0.05, 0) is 18.2 Å². The molecule has 0 bridgehead atoms. The number of hydrogen-bond acceptors (Lipinski definition) is 6. The number of nitrogens with zero attached hydrogens (tertiary/aromatic N) is 1. The van der Waals surface area contributed by atoms with Crippen molar-refractivity contribution in [3.8, 4) is 0 Å². The summed E-state index contributed by atoms with van der Waals surface area (Å²) in [5.41, 5.74) is 0.529. The van der Waals surface area contributed by atoms with Gasteiger partial charge in [0.2, 0.25) is 5.88 Å². The van der Waals surface area contributed by atoms with Crippen LogP contribution in [0.1, 0.15) is 32.2 Å². The lowest BCUT2D eigenvalue weighted by atomic mass is 9.92. The Balaban J connectivity index is 1.79. The molecule has 7 heteroatoms. The van der Waals surface area contributed by atoms with Crippen LogP contribution in [0.3, 0.4) is 0 Å². The molecule has 0 aromatic carbocycles. The van der Waals surface area contributed by atoms with E-state index < -0.39 is 18.5 Å². The summed E-state index contributed by atoms with van der Waals surface area (Å²) in [5.74, 6) is -0.435. The molecular formula is C16H18N2O5. The van der Waals surface area contributed by atoms with Crippen molar-refractivity contribution in [2.45, 2.75) is 26.2 Å². The van der Waals surface area contributed by atoms with Crippen molar-refractivity contribution in [3.05, 3.63) is 42.0 Å². The highest BCUT2D eigenvalue weighted by Gasteiger charge is 2.19. The summed E-state index contributed by atoms with van der Waals surface area (Å²) in [6, 6.07) is 5.02. The number of esters is 1. The fourth-order valence-corrected chi connectivity index (χ4v) is 1.58. The van der Waals surface area contributed by atoms with E-state index in [-0.39, 0.29) is 11.3 Å². The van der Waals surface area contributed by atoms with Gasteiger partial charge in [0.05, 0.1) is 12.0 Å². The van der Waals surface area contributed by atoms with Gasteiger partial charge in [0.1, 0.15) is 5.76 Å². The molecule has 0 atom stereocenters. The summed E-state index contributed by atoms with van der Waals surface area (Å²) in [7, 11) is 0. The predicted molar refractivity (Wildman–Crippen MR) is 82.5 cm³/mol. The lowest BCUT2D eigenvalue weighted by Gasteiger charge is -2.12. The number of carbonyl (C=O) groups excluding carboxylic acids is 2. The first-order chi connectivity index (χ1) is 10.8. The molecule has 0 radical (unpaired) electrons. The van der Waals surface area contributed by atoms with Crippen molar-refractivity contribution in [1.82, 2.24) is 5.16 Å². The van der Waals surface area contributed by atoms with Crippen molar-refractivity contribution >= 4 is 23.8 Å². The highest BCUT2D eigenvalue weighted by atomic mass is 16.5. The number of nitrogens with one attached hydrogen (secondary N) is 1. The fourth-order valence-electron chi connectivity index (χ4n) is 1.58. The van der Waals surface area contributed by atoms with E-state index in [2.05, 4.69) is 10.5 Å². The molecule has 0 aliphatic carbocycles. The van der Waals surface area contributed by atoms with Crippen LogP contribution < -0.4 is 5.32 Å². The Morgan fingerprint density at radius 1 is 1.39 bits per heavy atom. The van der Waals surface area contributed by atoms with Gasteiger partial charge in [0, 0.05) is 17.6 Å². The Kier molecular flexibility index (Phi) is 5.00. The summed E-state index contributed by atoms with van der Waals surface area (Å²) in [5, 5.41) is 6.35. The Hall–Kier alpha value is -2.83. The van der Waals surface area contributed by atoms with E-state index >= 15 is 0 Å². The van der Waals surface area contributed by atoms with Crippen LogP contribution in [-0.4, -0.2) is 23.6 Å². The molecule has 122 valence electrons. The van der Waals surface area contributed by atoms with Crippen molar-refractivity contribution in [1.29, 1.82) is 0 Å². The van der Waals surface area contributed by atoms with Gasteiger partial charge in [-0.25, -0.2) is 4.79 Å². The average molecular weight is 318 g/mol. The maximum atomic E-state index is 11.7. The van der Waals surface area contributed by atoms with E-state index in [4.69, 9.17) is 13.7 Å². The third-order valence-electron chi connectivity index (χ3n) is 2.81. The van der Waals surface area contributed by atoms with Crippen LogP contribution in [0.2, 0.25) is 0 Å². The van der Waals surface area contributed by atoms with Crippen molar-refractivity contribution in [2.75, 3.05) is 11.9 Å². The van der Waals surface area contributed by atoms with Gasteiger partial charge in [0.15, 0.2) is 6.61 Å². The average Bonchev–Trinajstić information content (AvgIpc) is 3.13. The molecule has 2 heterocycles. The molecule has 0 saturated heterocycles. The van der Waals surface area contributed by atoms with Gasteiger partial charge >= 0.3 is 5.97 Å². The van der Waals surface area contributed by atoms with Crippen LogP contribution in [-0.2, 0) is 19.7 Å². The largest absolute Gasteiger partial charge is 0.465 e. The number of carbonyl (C=O) groups is 2. The van der Waals surface area contributed by atoms with E-state index in [1.807, 2.05) is 20.8 Å². The molecule has 0 aliphatic rings. The molecule has 23 heavy (non-hydrogen) atoms. The number of amides is 1. The second-order valence-electron chi connectivity index (χ2n) is 5.83. The van der Waals surface area contributed by atoms with Crippen LogP contribution in [0.5, 0.6) is 0 Å². The Morgan fingerprint density at radius 3 is 2.78 bits per heavy atom. The molecule has 2 aromatic heterocycles. The minimum Gasteiger partial charge on any atom is -0.465 e. The smallest absolute Gasteiger partial charge is 0.331 e. The summed E-state index contributed by atoms with van der Waals surface area (Å²) >= 11 is 0. The van der Waals surface area contributed by atoms with Crippen LogP contribution in [0.25, 0.3) is 6.08 Å². The van der Waals surface area contributed by atoms with Gasteiger partial charge in [0.25, 0.3) is 5.91 Å². The zero-order valence-corrected chi connectivity index (χ0v) is 13.2. The van der Waals surface area contributed by atoms with E-state index in [0.717, 1.165) is 0 Å². The number of hydrogen-bond donors (Lipinski definition) is 1. The summed E-state index contributed by atoms with van der Waals surface area (Å²) in [4.78, 5) is 23.2. The Bertz CT molecular complexity index is 692. The first-order valence-corrected chi connectivity index (χ1v) is 7.00. The minimum absolute atomic E-state index is 0.185. The Morgan fingerprint density at radius 2 is 2.17 bits per heavy atom. The van der Waals surface area contributed by atoms with Crippen LogP contribution in [0.15, 0.2) is 39.5 Å². The van der Waals surface area contributed by atoms with Crippen molar-refractivity contribution in [2.24, 2.45) is 0 Å². The van der Waals surface area contributed by atoms with Crippen LogP contribution in [0.4, 0.5) is 5.88 Å². The minimum atomic E-state index is -0.649. The first kappa shape index (κ1) is 16.5. The molecule has 7 nitrogen and oxygen atoms in total. The van der Waals surface area contributed by atoms with E-state index in [1.54, 1.807) is 18.2 Å². The van der Waals surface area contributed by atoms with Gasteiger partial charge in [-0.3, -0.25) is 10.1 Å². The van der Waals surface area contributed by atoms with Crippen molar-refractivity contribution < 1.29 is 23.3 Å². The molecule has 1 amide bonds. The van der Waals surface area contributed by atoms with E-state index in [9.17, 15) is 9.59 Å². The van der Waals surface area contributed by atoms with Gasteiger partial charge in [-0.1, -0.05) is 25.9 Å². The highest BCUT2D eigenvalue weighted by molar-refractivity contribution is 5.93. The zero-order valence-electron chi connectivity index (χ0n) is 13.2. The van der Waals surface area contributed by atoms with Gasteiger partial charge < -0.3 is 13.7 Å². The predicted octanol–water partition coefficient (Wildman–Crippen LogP) is 2.76. The highest BCUT2D eigenvalue weighted by Crippen LogP contribution is 2.23. The molecule has 0 spiro atoms. The molecule has 1 N–H and O–H groups in total. The fraction of sp³-hybridized carbons (Fsp3) is 0.312. The quantitative estimate of drug-likeness (QED) is 0.673. The molecule has 2 rings (SSSR count). The third kappa shape index (κ3) is 5.14. The molecule has 0 saturated carbocycles. The number of anilines is 1. The third-order valence-corrected chi connectivity index (χ3v) is 2.81. The van der Waals surface area contributed by atoms with Crippen molar-refractivity contribution in [3.63, 3.8) is 0 Å². The zero-order chi connectivity index (χ0) is 16.9. The Labute approximate surface area is 133 Å². The maximum absolute atomic E-state index is 11.7. The second kappa shape index (κ2) is 6.95. The lowest BCUT2D eigenvalue weighted by molar-refractivity contribution is -0.142. The van der Waals surface area contributed by atoms with Crippen LogP contribution in [0, 0.1) is 0 Å². The van der Waals surface area contributed by atoms with Gasteiger partial charge in [-0.2, -0.15) is 0 Å². The molecule has 0 fully saturated rings. The standard InChI is InChI=1S/C16H18N2O5/c1-16(2,3)12-9-14(23-18-12)17-13(19)10-22-15(20)7-6-11-5-4-8-21-11/h4-9H,10H2,1-3H3,(H,17,19)/b7-6+. The maximum Gasteiger partial charge on any atom is 0.331 e. The van der Waals surface area contributed by atoms with Gasteiger partial charge in [-0.15, -0.1) is 0 Å². The first-order valence-electron chi connectivity index (χ1n) is 7.00. The number of aromatic nitrogens is 1. The lowest BCUT2D eigenvalue weighted by Crippen LogP contribution is -2.19. The van der Waals surface area contributed by atoms with Crippen LogP contribution >= 0.6 is 0 Å². The molecule has 0 unspecified atom stereocenters. The second-order valence-corrected chi connectivity index (χ2v) is 5.83.